The van der Waals surface area contributed by atoms with Crippen LogP contribution in [0.15, 0.2) is 48.8 Å². The van der Waals surface area contributed by atoms with Crippen molar-refractivity contribution >= 4 is 5.91 Å². The molecule has 4 nitrogen and oxygen atoms in total. The van der Waals surface area contributed by atoms with Gasteiger partial charge in [-0.25, -0.2) is 0 Å². The van der Waals surface area contributed by atoms with Crippen molar-refractivity contribution in [1.82, 2.24) is 10.3 Å². The Morgan fingerprint density at radius 1 is 1.25 bits per heavy atom. The Morgan fingerprint density at radius 2 is 1.96 bits per heavy atom. The maximum Gasteiger partial charge on any atom is 0.397 e. The second-order valence-corrected chi connectivity index (χ2v) is 5.30. The highest BCUT2D eigenvalue weighted by molar-refractivity contribution is 5.77. The highest BCUT2D eigenvalue weighted by Crippen LogP contribution is 2.21. The highest BCUT2D eigenvalue weighted by Gasteiger charge is 2.31. The van der Waals surface area contributed by atoms with Gasteiger partial charge in [0.25, 0.3) is 0 Å². The summed E-state index contributed by atoms with van der Waals surface area (Å²) in [6.07, 6.45) is -2.61. The number of nitrogens with zero attached hydrogens (tertiary/aromatic N) is 1. The van der Waals surface area contributed by atoms with Gasteiger partial charge in [-0.05, 0) is 30.7 Å². The van der Waals surface area contributed by atoms with Crippen LogP contribution in [0, 0.1) is 0 Å². The molecule has 7 heteroatoms. The summed E-state index contributed by atoms with van der Waals surface area (Å²) < 4.78 is 42.1. The molecule has 24 heavy (non-hydrogen) atoms. The van der Waals surface area contributed by atoms with E-state index in [2.05, 4.69) is 10.3 Å². The lowest BCUT2D eigenvalue weighted by Gasteiger charge is -2.16. The van der Waals surface area contributed by atoms with E-state index in [-0.39, 0.29) is 0 Å². The quantitative estimate of drug-likeness (QED) is 0.872. The molecule has 1 amide bonds. The van der Waals surface area contributed by atoms with Crippen LogP contribution >= 0.6 is 0 Å². The summed E-state index contributed by atoms with van der Waals surface area (Å²) in [6, 6.07) is 10.0. The molecule has 2 rings (SSSR count). The number of hydrogen-bond donors (Lipinski definition) is 1. The zero-order valence-corrected chi connectivity index (χ0v) is 13.0. The van der Waals surface area contributed by atoms with E-state index in [1.54, 1.807) is 43.6 Å². The lowest BCUT2D eigenvalue weighted by molar-refractivity contribution is -0.154. The van der Waals surface area contributed by atoms with Crippen molar-refractivity contribution < 1.29 is 22.7 Å². The molecule has 2 aromatic rings. The first-order valence-electron chi connectivity index (χ1n) is 7.31. The van der Waals surface area contributed by atoms with Crippen LogP contribution in [0.5, 0.6) is 5.75 Å². The number of alkyl halides is 3. The van der Waals surface area contributed by atoms with Gasteiger partial charge in [0.15, 0.2) is 0 Å². The van der Waals surface area contributed by atoms with Gasteiger partial charge in [-0.1, -0.05) is 18.2 Å². The molecule has 128 valence electrons. The van der Waals surface area contributed by atoms with Gasteiger partial charge >= 0.3 is 6.18 Å². The normalized spacial score (nSPS) is 12.5. The minimum absolute atomic E-state index is 0.366. The molecular weight excluding hydrogens is 321 g/mol. The van der Waals surface area contributed by atoms with Crippen molar-refractivity contribution in [2.45, 2.75) is 32.2 Å². The number of benzene rings is 1. The van der Waals surface area contributed by atoms with E-state index in [1.165, 1.54) is 0 Å². The third kappa shape index (κ3) is 5.91. The van der Waals surface area contributed by atoms with Gasteiger partial charge in [0.2, 0.25) is 5.91 Å². The number of carbonyl (C=O) groups excluding carboxylic acids is 1. The number of ether oxygens (including phenoxy) is 1. The summed E-state index contributed by atoms with van der Waals surface area (Å²) in [5.41, 5.74) is 1.62. The lowest BCUT2D eigenvalue weighted by atomic mass is 10.1. The van der Waals surface area contributed by atoms with Crippen molar-refractivity contribution in [1.29, 1.82) is 0 Å². The molecule has 0 saturated heterocycles. The number of hydrogen-bond acceptors (Lipinski definition) is 3. The molecule has 0 radical (unpaired) electrons. The molecule has 1 heterocycles. The molecule has 0 aliphatic carbocycles. The van der Waals surface area contributed by atoms with Crippen molar-refractivity contribution in [2.24, 2.45) is 0 Å². The summed E-state index contributed by atoms with van der Waals surface area (Å²) in [7, 11) is 0. The second-order valence-electron chi connectivity index (χ2n) is 5.30. The van der Waals surface area contributed by atoms with Crippen molar-refractivity contribution in [3.63, 3.8) is 0 Å². The Bertz CT molecular complexity index is 658. The van der Waals surface area contributed by atoms with Crippen molar-refractivity contribution in [3.05, 3.63) is 59.9 Å². The average Bonchev–Trinajstić information content (AvgIpc) is 2.52. The maximum atomic E-state index is 12.2. The number of aromatic nitrogens is 1. The Kier molecular flexibility index (Phi) is 5.78. The monoisotopic (exact) mass is 338 g/mol. The van der Waals surface area contributed by atoms with Crippen LogP contribution in [0.4, 0.5) is 13.2 Å². The third-order valence-corrected chi connectivity index (χ3v) is 3.25. The fourth-order valence-electron chi connectivity index (χ4n) is 2.06. The van der Waals surface area contributed by atoms with E-state index in [0.29, 0.717) is 17.9 Å². The highest BCUT2D eigenvalue weighted by atomic mass is 19.4. The Balaban J connectivity index is 1.88. The van der Waals surface area contributed by atoms with Crippen LogP contribution in [0.1, 0.15) is 30.5 Å². The van der Waals surface area contributed by atoms with Gasteiger partial charge in [-0.15, -0.1) is 0 Å². The van der Waals surface area contributed by atoms with Gasteiger partial charge in [0.1, 0.15) is 18.8 Å². The number of carbonyl (C=O) groups is 1. The largest absolute Gasteiger partial charge is 0.489 e. The predicted octanol–water partition coefficient (Wildman–Crippen LogP) is 3.79. The topological polar surface area (TPSA) is 51.2 Å². The van der Waals surface area contributed by atoms with E-state index in [9.17, 15) is 18.0 Å². The number of pyridine rings is 1. The summed E-state index contributed by atoms with van der Waals surface area (Å²) in [4.78, 5) is 15.3. The number of nitrogens with one attached hydrogen (secondary N) is 1. The van der Waals surface area contributed by atoms with Gasteiger partial charge in [0.05, 0.1) is 6.04 Å². The molecule has 0 bridgehead atoms. The SMILES string of the molecule is C[C@H](NC(=O)CC(F)(F)F)c1ccc(OCc2cccnc2)cc1. The first-order valence-corrected chi connectivity index (χ1v) is 7.31. The fourth-order valence-corrected chi connectivity index (χ4v) is 2.06. The van der Waals surface area contributed by atoms with E-state index in [1.807, 2.05) is 12.1 Å². The molecule has 1 aromatic carbocycles. The first-order chi connectivity index (χ1) is 11.3. The minimum atomic E-state index is -4.51. The lowest BCUT2D eigenvalue weighted by Crippen LogP contribution is -2.30. The van der Waals surface area contributed by atoms with E-state index < -0.39 is 24.5 Å². The Morgan fingerprint density at radius 3 is 2.54 bits per heavy atom. The van der Waals surface area contributed by atoms with E-state index in [0.717, 1.165) is 5.56 Å². The van der Waals surface area contributed by atoms with E-state index in [4.69, 9.17) is 4.74 Å². The van der Waals surface area contributed by atoms with Crippen LogP contribution in [-0.4, -0.2) is 17.1 Å². The molecular formula is C17H17F3N2O2. The third-order valence-electron chi connectivity index (χ3n) is 3.25. The zero-order valence-electron chi connectivity index (χ0n) is 13.0. The minimum Gasteiger partial charge on any atom is -0.489 e. The zero-order chi connectivity index (χ0) is 17.6. The van der Waals surface area contributed by atoms with Gasteiger partial charge < -0.3 is 10.1 Å². The summed E-state index contributed by atoms with van der Waals surface area (Å²) in [5, 5.41) is 2.32. The standard InChI is InChI=1S/C17H17F3N2O2/c1-12(22-16(23)9-17(18,19)20)14-4-6-15(7-5-14)24-11-13-3-2-8-21-10-13/h2-8,10,12H,9,11H2,1H3,(H,22,23)/t12-/m0/s1. The van der Waals surface area contributed by atoms with Crippen molar-refractivity contribution in [2.75, 3.05) is 0 Å². The van der Waals surface area contributed by atoms with Gasteiger partial charge in [0, 0.05) is 18.0 Å². The molecule has 0 fully saturated rings. The Hall–Kier alpha value is -2.57. The Labute approximate surface area is 137 Å². The predicted molar refractivity (Wildman–Crippen MR) is 82.2 cm³/mol. The van der Waals surface area contributed by atoms with Gasteiger partial charge in [-0.3, -0.25) is 9.78 Å². The smallest absolute Gasteiger partial charge is 0.397 e. The molecule has 1 N–H and O–H groups in total. The van der Waals surface area contributed by atoms with Crippen LogP contribution in [0.2, 0.25) is 0 Å². The first kappa shape index (κ1) is 17.8. The molecule has 0 unspecified atom stereocenters. The molecule has 1 atom stereocenters. The molecule has 0 spiro atoms. The summed E-state index contributed by atoms with van der Waals surface area (Å²) in [6.45, 7) is 1.99. The van der Waals surface area contributed by atoms with Crippen LogP contribution in [-0.2, 0) is 11.4 Å². The molecule has 0 aliphatic heterocycles. The average molecular weight is 338 g/mol. The fraction of sp³-hybridized carbons (Fsp3) is 0.294. The molecule has 0 aliphatic rings. The van der Waals surface area contributed by atoms with Crippen LogP contribution in [0.25, 0.3) is 0 Å². The number of halogens is 3. The summed E-state index contributed by atoms with van der Waals surface area (Å²) in [5.74, 6) is -0.427. The maximum absolute atomic E-state index is 12.2. The van der Waals surface area contributed by atoms with Crippen molar-refractivity contribution in [3.8, 4) is 5.75 Å². The van der Waals surface area contributed by atoms with Crippen LogP contribution in [0.3, 0.4) is 0 Å². The van der Waals surface area contributed by atoms with Crippen LogP contribution < -0.4 is 10.1 Å². The summed E-state index contributed by atoms with van der Waals surface area (Å²) >= 11 is 0. The number of amides is 1. The molecule has 0 saturated carbocycles. The van der Waals surface area contributed by atoms with E-state index >= 15 is 0 Å². The van der Waals surface area contributed by atoms with Gasteiger partial charge in [-0.2, -0.15) is 13.2 Å². The second kappa shape index (κ2) is 7.81. The molecule has 1 aromatic heterocycles. The number of rotatable bonds is 6.